The standard InChI is InChI=1S/C9H7F2NO/c10-9(11)13-8-3-1-2-7-6(8)4-5-12-7/h1-5,9,12H. The lowest BCUT2D eigenvalue weighted by atomic mass is 10.2. The van der Waals surface area contributed by atoms with E-state index in [1.54, 1.807) is 24.4 Å². The van der Waals surface area contributed by atoms with Crippen molar-refractivity contribution in [3.63, 3.8) is 0 Å². The molecule has 2 nitrogen and oxygen atoms in total. The molecule has 0 aliphatic heterocycles. The molecule has 2 rings (SSSR count). The Labute approximate surface area is 73.1 Å². The summed E-state index contributed by atoms with van der Waals surface area (Å²) in [7, 11) is 0. The summed E-state index contributed by atoms with van der Waals surface area (Å²) in [5.41, 5.74) is 0.790. The molecule has 4 heteroatoms. The summed E-state index contributed by atoms with van der Waals surface area (Å²) in [6.07, 6.45) is 1.68. The van der Waals surface area contributed by atoms with E-state index in [2.05, 4.69) is 9.72 Å². The fourth-order valence-electron chi connectivity index (χ4n) is 1.26. The SMILES string of the molecule is FC(F)Oc1cccc2[nH]ccc12. The molecule has 0 atom stereocenters. The number of aromatic nitrogens is 1. The monoisotopic (exact) mass is 183 g/mol. The Morgan fingerprint density at radius 3 is 2.85 bits per heavy atom. The molecule has 0 saturated carbocycles. The van der Waals surface area contributed by atoms with Crippen LogP contribution in [0.25, 0.3) is 10.9 Å². The van der Waals surface area contributed by atoms with Crippen LogP contribution in [-0.4, -0.2) is 11.6 Å². The van der Waals surface area contributed by atoms with E-state index >= 15 is 0 Å². The van der Waals surface area contributed by atoms with E-state index in [9.17, 15) is 8.78 Å². The lowest BCUT2D eigenvalue weighted by Gasteiger charge is -2.04. The minimum Gasteiger partial charge on any atom is -0.434 e. The molecule has 0 aliphatic carbocycles. The van der Waals surface area contributed by atoms with E-state index in [4.69, 9.17) is 0 Å². The van der Waals surface area contributed by atoms with Gasteiger partial charge in [0, 0.05) is 17.1 Å². The highest BCUT2D eigenvalue weighted by Gasteiger charge is 2.07. The number of halogens is 2. The summed E-state index contributed by atoms with van der Waals surface area (Å²) in [5, 5.41) is 0.669. The van der Waals surface area contributed by atoms with Crippen molar-refractivity contribution in [2.24, 2.45) is 0 Å². The number of nitrogens with one attached hydrogen (secondary N) is 1. The van der Waals surface area contributed by atoms with E-state index in [-0.39, 0.29) is 5.75 Å². The Morgan fingerprint density at radius 2 is 2.08 bits per heavy atom. The van der Waals surface area contributed by atoms with Crippen LogP contribution in [0.4, 0.5) is 8.78 Å². The van der Waals surface area contributed by atoms with Crippen molar-refractivity contribution < 1.29 is 13.5 Å². The van der Waals surface area contributed by atoms with E-state index in [1.165, 1.54) is 6.07 Å². The van der Waals surface area contributed by atoms with Gasteiger partial charge in [-0.2, -0.15) is 8.78 Å². The molecule has 1 N–H and O–H groups in total. The molecule has 0 saturated heterocycles. The Hall–Kier alpha value is -1.58. The molecule has 0 unspecified atom stereocenters. The Kier molecular flexibility index (Phi) is 1.88. The van der Waals surface area contributed by atoms with Crippen molar-refractivity contribution in [3.05, 3.63) is 30.5 Å². The fraction of sp³-hybridized carbons (Fsp3) is 0.111. The molecule has 0 fully saturated rings. The van der Waals surface area contributed by atoms with Gasteiger partial charge in [-0.25, -0.2) is 0 Å². The maximum absolute atomic E-state index is 11.9. The average molecular weight is 183 g/mol. The van der Waals surface area contributed by atoms with Gasteiger partial charge in [-0.1, -0.05) is 6.07 Å². The van der Waals surface area contributed by atoms with Gasteiger partial charge in [0.2, 0.25) is 0 Å². The maximum atomic E-state index is 11.9. The van der Waals surface area contributed by atoms with Crippen LogP contribution in [0.5, 0.6) is 5.75 Å². The van der Waals surface area contributed by atoms with Crippen LogP contribution in [0.1, 0.15) is 0 Å². The number of aromatic amines is 1. The molecule has 0 radical (unpaired) electrons. The second kappa shape index (κ2) is 3.05. The largest absolute Gasteiger partial charge is 0.434 e. The van der Waals surface area contributed by atoms with Crippen molar-refractivity contribution in [3.8, 4) is 5.75 Å². The van der Waals surface area contributed by atoms with Crippen LogP contribution < -0.4 is 4.74 Å². The molecule has 1 heterocycles. The van der Waals surface area contributed by atoms with E-state index in [0.717, 1.165) is 5.52 Å². The van der Waals surface area contributed by atoms with Crippen LogP contribution in [0, 0.1) is 0 Å². The van der Waals surface area contributed by atoms with Crippen LogP contribution >= 0.6 is 0 Å². The molecule has 13 heavy (non-hydrogen) atoms. The zero-order valence-corrected chi connectivity index (χ0v) is 6.63. The molecule has 68 valence electrons. The highest BCUT2D eigenvalue weighted by atomic mass is 19.3. The second-order valence-corrected chi connectivity index (χ2v) is 2.57. The quantitative estimate of drug-likeness (QED) is 0.760. The van der Waals surface area contributed by atoms with Crippen LogP contribution in [0.15, 0.2) is 30.5 Å². The first-order valence-electron chi connectivity index (χ1n) is 3.78. The van der Waals surface area contributed by atoms with E-state index in [1.807, 2.05) is 0 Å². The van der Waals surface area contributed by atoms with Gasteiger partial charge in [0.25, 0.3) is 0 Å². The third-order valence-electron chi connectivity index (χ3n) is 1.77. The number of H-pyrrole nitrogens is 1. The van der Waals surface area contributed by atoms with Crippen molar-refractivity contribution >= 4 is 10.9 Å². The minimum absolute atomic E-state index is 0.203. The highest BCUT2D eigenvalue weighted by Crippen LogP contribution is 2.25. The van der Waals surface area contributed by atoms with Crippen molar-refractivity contribution in [1.82, 2.24) is 4.98 Å². The molecule has 0 amide bonds. The molecular weight excluding hydrogens is 176 g/mol. The predicted molar refractivity (Wildman–Crippen MR) is 44.9 cm³/mol. The molecule has 0 aliphatic rings. The predicted octanol–water partition coefficient (Wildman–Crippen LogP) is 2.77. The summed E-state index contributed by atoms with van der Waals surface area (Å²) < 4.78 is 28.2. The zero-order chi connectivity index (χ0) is 9.26. The van der Waals surface area contributed by atoms with Crippen LogP contribution in [0.3, 0.4) is 0 Å². The lowest BCUT2D eigenvalue weighted by Crippen LogP contribution is -2.01. The van der Waals surface area contributed by atoms with Crippen molar-refractivity contribution in [2.45, 2.75) is 6.61 Å². The topological polar surface area (TPSA) is 25.0 Å². The number of alkyl halides is 2. The van der Waals surface area contributed by atoms with Gasteiger partial charge in [0.15, 0.2) is 0 Å². The normalized spacial score (nSPS) is 11.0. The smallest absolute Gasteiger partial charge is 0.387 e. The van der Waals surface area contributed by atoms with Gasteiger partial charge >= 0.3 is 6.61 Å². The first-order chi connectivity index (χ1) is 6.27. The Morgan fingerprint density at radius 1 is 1.23 bits per heavy atom. The molecular formula is C9H7F2NO. The number of hydrogen-bond donors (Lipinski definition) is 1. The molecule has 1 aromatic carbocycles. The van der Waals surface area contributed by atoms with Gasteiger partial charge in [-0.15, -0.1) is 0 Å². The van der Waals surface area contributed by atoms with Gasteiger partial charge in [-0.3, -0.25) is 0 Å². The minimum atomic E-state index is -2.78. The van der Waals surface area contributed by atoms with E-state index < -0.39 is 6.61 Å². The van der Waals surface area contributed by atoms with Gasteiger partial charge in [0.05, 0.1) is 0 Å². The number of fused-ring (bicyclic) bond motifs is 1. The van der Waals surface area contributed by atoms with E-state index in [0.29, 0.717) is 5.39 Å². The van der Waals surface area contributed by atoms with Crippen LogP contribution in [-0.2, 0) is 0 Å². The van der Waals surface area contributed by atoms with Crippen molar-refractivity contribution in [1.29, 1.82) is 0 Å². The van der Waals surface area contributed by atoms with Crippen LogP contribution in [0.2, 0.25) is 0 Å². The molecule has 0 spiro atoms. The zero-order valence-electron chi connectivity index (χ0n) is 6.63. The number of rotatable bonds is 2. The number of benzene rings is 1. The lowest BCUT2D eigenvalue weighted by molar-refractivity contribution is -0.0487. The maximum Gasteiger partial charge on any atom is 0.387 e. The molecule has 0 bridgehead atoms. The summed E-state index contributed by atoms with van der Waals surface area (Å²) in [5.74, 6) is 0.203. The second-order valence-electron chi connectivity index (χ2n) is 2.57. The summed E-state index contributed by atoms with van der Waals surface area (Å²) in [6, 6.07) is 6.68. The highest BCUT2D eigenvalue weighted by molar-refractivity contribution is 5.85. The third-order valence-corrected chi connectivity index (χ3v) is 1.77. The van der Waals surface area contributed by atoms with Gasteiger partial charge in [0.1, 0.15) is 5.75 Å². The van der Waals surface area contributed by atoms with Gasteiger partial charge in [-0.05, 0) is 18.2 Å². The fourth-order valence-corrected chi connectivity index (χ4v) is 1.26. The molecule has 2 aromatic rings. The third kappa shape index (κ3) is 1.47. The first kappa shape index (κ1) is 8.04. The Bertz CT molecular complexity index is 411. The Balaban J connectivity index is 2.48. The number of ether oxygens (including phenoxy) is 1. The summed E-state index contributed by atoms with van der Waals surface area (Å²) >= 11 is 0. The first-order valence-corrected chi connectivity index (χ1v) is 3.78. The average Bonchev–Trinajstić information content (AvgIpc) is 2.51. The summed E-state index contributed by atoms with van der Waals surface area (Å²) in [6.45, 7) is -2.78. The van der Waals surface area contributed by atoms with Gasteiger partial charge < -0.3 is 9.72 Å². The number of hydrogen-bond acceptors (Lipinski definition) is 1. The van der Waals surface area contributed by atoms with Crippen molar-refractivity contribution in [2.75, 3.05) is 0 Å². The summed E-state index contributed by atoms with van der Waals surface area (Å²) in [4.78, 5) is 2.91. The molecule has 1 aromatic heterocycles.